The third kappa shape index (κ3) is 4.02. The SMILES string of the molecule is Cc1ccc2c(c1)c(=O)n(CCN1CCC(C(=O)c3ccccc3)CC1)c(=S)n2C. The number of benzene rings is 2. The highest BCUT2D eigenvalue weighted by Gasteiger charge is 2.25. The molecule has 1 aliphatic rings. The monoisotopic (exact) mass is 421 g/mol. The Balaban J connectivity index is 1.44. The quantitative estimate of drug-likeness (QED) is 0.462. The van der Waals surface area contributed by atoms with Crippen molar-refractivity contribution in [1.82, 2.24) is 14.0 Å². The fourth-order valence-corrected chi connectivity index (χ4v) is 4.60. The summed E-state index contributed by atoms with van der Waals surface area (Å²) in [7, 11) is 1.91. The van der Waals surface area contributed by atoms with Crippen LogP contribution in [0.3, 0.4) is 0 Å². The van der Waals surface area contributed by atoms with Crippen molar-refractivity contribution in [3.63, 3.8) is 0 Å². The minimum Gasteiger partial charge on any atom is -0.321 e. The Morgan fingerprint density at radius 3 is 2.47 bits per heavy atom. The topological polar surface area (TPSA) is 47.2 Å². The number of hydrogen-bond acceptors (Lipinski definition) is 4. The molecule has 3 aromatic rings. The third-order valence-corrected chi connectivity index (χ3v) is 6.66. The number of rotatable bonds is 5. The van der Waals surface area contributed by atoms with E-state index in [0.717, 1.165) is 49.1 Å². The van der Waals surface area contributed by atoms with E-state index in [2.05, 4.69) is 4.90 Å². The molecule has 156 valence electrons. The van der Waals surface area contributed by atoms with Crippen molar-refractivity contribution in [1.29, 1.82) is 0 Å². The summed E-state index contributed by atoms with van der Waals surface area (Å²) < 4.78 is 4.17. The fourth-order valence-electron chi connectivity index (χ4n) is 4.33. The number of nitrogens with zero attached hydrogens (tertiary/aromatic N) is 3. The van der Waals surface area contributed by atoms with E-state index in [1.807, 2.05) is 67.1 Å². The van der Waals surface area contributed by atoms with Gasteiger partial charge in [0.25, 0.3) is 5.56 Å². The van der Waals surface area contributed by atoms with Gasteiger partial charge in [-0.2, -0.15) is 0 Å². The van der Waals surface area contributed by atoms with Gasteiger partial charge in [0.2, 0.25) is 0 Å². The van der Waals surface area contributed by atoms with Gasteiger partial charge in [-0.05, 0) is 57.2 Å². The van der Waals surface area contributed by atoms with Crippen molar-refractivity contribution in [2.45, 2.75) is 26.3 Å². The van der Waals surface area contributed by atoms with Crippen LogP contribution in [0.2, 0.25) is 0 Å². The Hall–Kier alpha value is -2.57. The first-order valence-corrected chi connectivity index (χ1v) is 10.9. The first-order chi connectivity index (χ1) is 14.5. The number of aromatic nitrogens is 2. The summed E-state index contributed by atoms with van der Waals surface area (Å²) in [5.41, 5.74) is 2.71. The molecule has 0 bridgehead atoms. The van der Waals surface area contributed by atoms with Gasteiger partial charge in [-0.1, -0.05) is 42.0 Å². The van der Waals surface area contributed by atoms with Crippen molar-refractivity contribution in [3.05, 3.63) is 74.8 Å². The maximum atomic E-state index is 13.0. The van der Waals surface area contributed by atoms with Crippen LogP contribution in [-0.2, 0) is 13.6 Å². The molecule has 0 radical (unpaired) electrons. The molecular weight excluding hydrogens is 394 g/mol. The van der Waals surface area contributed by atoms with E-state index < -0.39 is 0 Å². The molecule has 1 aliphatic heterocycles. The summed E-state index contributed by atoms with van der Waals surface area (Å²) >= 11 is 5.58. The lowest BCUT2D eigenvalue weighted by Crippen LogP contribution is -2.39. The molecule has 4 rings (SSSR count). The Labute approximate surface area is 181 Å². The van der Waals surface area contributed by atoms with Crippen LogP contribution in [0.15, 0.2) is 53.3 Å². The highest BCUT2D eigenvalue weighted by molar-refractivity contribution is 7.71. The summed E-state index contributed by atoms with van der Waals surface area (Å²) in [5.74, 6) is 0.332. The lowest BCUT2D eigenvalue weighted by atomic mass is 9.89. The van der Waals surface area contributed by atoms with Crippen molar-refractivity contribution in [3.8, 4) is 0 Å². The fraction of sp³-hybridized carbons (Fsp3) is 0.375. The van der Waals surface area contributed by atoms with Gasteiger partial charge in [-0.3, -0.25) is 14.2 Å². The molecular formula is C24H27N3O2S. The van der Waals surface area contributed by atoms with Crippen LogP contribution in [-0.4, -0.2) is 39.5 Å². The normalized spacial score (nSPS) is 15.5. The standard InChI is InChI=1S/C24H27N3O2S/c1-17-8-9-21-20(16-17)23(29)27(24(30)25(21)2)15-14-26-12-10-19(11-13-26)22(28)18-6-4-3-5-7-18/h3-9,16,19H,10-15H2,1-2H3. The summed E-state index contributed by atoms with van der Waals surface area (Å²) in [6.45, 7) is 5.04. The van der Waals surface area contributed by atoms with Gasteiger partial charge >= 0.3 is 0 Å². The zero-order chi connectivity index (χ0) is 21.3. The van der Waals surface area contributed by atoms with E-state index in [4.69, 9.17) is 12.2 Å². The molecule has 0 saturated carbocycles. The van der Waals surface area contributed by atoms with E-state index in [9.17, 15) is 9.59 Å². The van der Waals surface area contributed by atoms with Gasteiger partial charge in [-0.25, -0.2) is 0 Å². The zero-order valence-corrected chi connectivity index (χ0v) is 18.3. The minimum atomic E-state index is -0.0223. The zero-order valence-electron chi connectivity index (χ0n) is 17.5. The minimum absolute atomic E-state index is 0.0223. The van der Waals surface area contributed by atoms with Crippen LogP contribution in [0.1, 0.15) is 28.8 Å². The number of hydrogen-bond donors (Lipinski definition) is 0. The van der Waals surface area contributed by atoms with Crippen molar-refractivity contribution < 1.29 is 4.79 Å². The molecule has 1 aromatic heterocycles. The summed E-state index contributed by atoms with van der Waals surface area (Å²) in [4.78, 5) is 28.1. The average Bonchev–Trinajstić information content (AvgIpc) is 2.78. The second-order valence-electron chi connectivity index (χ2n) is 8.17. The lowest BCUT2D eigenvalue weighted by Gasteiger charge is -2.31. The highest BCUT2D eigenvalue weighted by Crippen LogP contribution is 2.22. The lowest BCUT2D eigenvalue weighted by molar-refractivity contribution is 0.0837. The number of piperidine rings is 1. The average molecular weight is 422 g/mol. The van der Waals surface area contributed by atoms with E-state index in [-0.39, 0.29) is 17.3 Å². The summed E-state index contributed by atoms with van der Waals surface area (Å²) in [5, 5.41) is 0.707. The number of likely N-dealkylation sites (tertiary alicyclic amines) is 1. The van der Waals surface area contributed by atoms with Crippen LogP contribution < -0.4 is 5.56 Å². The van der Waals surface area contributed by atoms with E-state index in [0.29, 0.717) is 16.7 Å². The molecule has 6 heteroatoms. The van der Waals surface area contributed by atoms with Crippen LogP contribution in [0.4, 0.5) is 0 Å². The molecule has 0 atom stereocenters. The third-order valence-electron chi connectivity index (χ3n) is 6.16. The summed E-state index contributed by atoms with van der Waals surface area (Å²) in [6, 6.07) is 15.4. The van der Waals surface area contributed by atoms with Crippen molar-refractivity contribution >= 4 is 28.9 Å². The van der Waals surface area contributed by atoms with Gasteiger partial charge in [0.1, 0.15) is 0 Å². The number of carbonyl (C=O) groups excluding carboxylic acids is 1. The Kier molecular flexibility index (Phi) is 5.97. The molecule has 2 aromatic carbocycles. The van der Waals surface area contributed by atoms with Gasteiger partial charge in [-0.15, -0.1) is 0 Å². The second-order valence-corrected chi connectivity index (χ2v) is 8.53. The first-order valence-electron chi connectivity index (χ1n) is 10.5. The molecule has 0 amide bonds. The predicted octanol–water partition coefficient (Wildman–Crippen LogP) is 3.97. The molecule has 1 fully saturated rings. The Bertz CT molecular complexity index is 1190. The molecule has 1 saturated heterocycles. The largest absolute Gasteiger partial charge is 0.321 e. The smallest absolute Gasteiger partial charge is 0.262 e. The van der Waals surface area contributed by atoms with Gasteiger partial charge in [0.05, 0.1) is 10.9 Å². The van der Waals surface area contributed by atoms with Gasteiger partial charge in [0, 0.05) is 31.6 Å². The highest BCUT2D eigenvalue weighted by atomic mass is 32.1. The number of carbonyl (C=O) groups is 1. The van der Waals surface area contributed by atoms with E-state index in [1.54, 1.807) is 4.57 Å². The molecule has 0 unspecified atom stereocenters. The van der Waals surface area contributed by atoms with E-state index >= 15 is 0 Å². The van der Waals surface area contributed by atoms with Gasteiger partial charge < -0.3 is 9.47 Å². The second kappa shape index (κ2) is 8.66. The van der Waals surface area contributed by atoms with Crippen LogP contribution >= 0.6 is 12.2 Å². The van der Waals surface area contributed by atoms with Crippen molar-refractivity contribution in [2.75, 3.05) is 19.6 Å². The summed E-state index contributed by atoms with van der Waals surface area (Å²) in [6.07, 6.45) is 1.71. The number of aryl methyl sites for hydroxylation is 2. The van der Waals surface area contributed by atoms with Crippen LogP contribution in [0.25, 0.3) is 10.9 Å². The van der Waals surface area contributed by atoms with Crippen molar-refractivity contribution in [2.24, 2.45) is 13.0 Å². The number of fused-ring (bicyclic) bond motifs is 1. The van der Waals surface area contributed by atoms with Crippen LogP contribution in [0, 0.1) is 17.6 Å². The number of Topliss-reactive ketones (excluding diaryl/α,β-unsaturated/α-hetero) is 1. The maximum absolute atomic E-state index is 13.0. The van der Waals surface area contributed by atoms with Crippen LogP contribution in [0.5, 0.6) is 0 Å². The first kappa shape index (κ1) is 20.7. The van der Waals surface area contributed by atoms with E-state index in [1.165, 1.54) is 0 Å². The number of ketones is 1. The molecule has 2 heterocycles. The molecule has 0 spiro atoms. The molecule has 0 aliphatic carbocycles. The molecule has 0 N–H and O–H groups in total. The molecule has 5 nitrogen and oxygen atoms in total. The molecule has 30 heavy (non-hydrogen) atoms. The Morgan fingerprint density at radius 1 is 1.07 bits per heavy atom. The maximum Gasteiger partial charge on any atom is 0.262 e. The predicted molar refractivity (Wildman–Crippen MR) is 123 cm³/mol. The Morgan fingerprint density at radius 2 is 1.77 bits per heavy atom. The van der Waals surface area contributed by atoms with Gasteiger partial charge in [0.15, 0.2) is 10.6 Å².